The van der Waals surface area contributed by atoms with E-state index in [0.29, 0.717) is 29.5 Å². The monoisotopic (exact) mass is 463 g/mol. The van der Waals surface area contributed by atoms with Gasteiger partial charge in [-0.05, 0) is 55.7 Å². The van der Waals surface area contributed by atoms with Gasteiger partial charge in [-0.25, -0.2) is 0 Å². The molecular formula is C26H29N3O5. The van der Waals surface area contributed by atoms with E-state index >= 15 is 0 Å². The summed E-state index contributed by atoms with van der Waals surface area (Å²) in [6, 6.07) is 10.8. The minimum atomic E-state index is -0.731. The van der Waals surface area contributed by atoms with Crippen molar-refractivity contribution in [3.63, 3.8) is 0 Å². The molecule has 0 aliphatic carbocycles. The molecular weight excluding hydrogens is 434 g/mol. The summed E-state index contributed by atoms with van der Waals surface area (Å²) < 4.78 is 5.99. The zero-order valence-corrected chi connectivity index (χ0v) is 19.7. The van der Waals surface area contributed by atoms with Gasteiger partial charge in [0.1, 0.15) is 5.58 Å². The first-order valence-electron chi connectivity index (χ1n) is 11.8. The summed E-state index contributed by atoms with van der Waals surface area (Å²) in [5, 5.41) is 11.8. The van der Waals surface area contributed by atoms with Gasteiger partial charge < -0.3 is 14.2 Å². The van der Waals surface area contributed by atoms with Crippen molar-refractivity contribution in [3.8, 4) is 0 Å². The van der Waals surface area contributed by atoms with Crippen molar-refractivity contribution in [2.45, 2.75) is 39.7 Å². The Kier molecular flexibility index (Phi) is 6.79. The van der Waals surface area contributed by atoms with Crippen molar-refractivity contribution in [1.82, 2.24) is 9.80 Å². The number of nitrogens with zero attached hydrogens (tertiary/aromatic N) is 3. The van der Waals surface area contributed by atoms with Crippen LogP contribution in [0.2, 0.25) is 0 Å². The molecule has 1 atom stereocenters. The fraction of sp³-hybridized carbons (Fsp3) is 0.385. The number of aryl methyl sites for hydroxylation is 1. The molecule has 4 rings (SSSR count). The molecule has 1 amide bonds. The zero-order chi connectivity index (χ0) is 24.4. The average molecular weight is 464 g/mol. The molecule has 0 radical (unpaired) electrons. The summed E-state index contributed by atoms with van der Waals surface area (Å²) in [7, 11) is 0. The van der Waals surface area contributed by atoms with E-state index in [1.165, 1.54) is 12.1 Å². The number of nitro benzene ring substituents is 1. The lowest BCUT2D eigenvalue weighted by atomic mass is 9.97. The molecule has 0 saturated heterocycles. The van der Waals surface area contributed by atoms with Crippen LogP contribution in [-0.4, -0.2) is 46.8 Å². The molecule has 1 aliphatic rings. The second-order valence-electron chi connectivity index (χ2n) is 8.49. The zero-order valence-electron chi connectivity index (χ0n) is 19.7. The summed E-state index contributed by atoms with van der Waals surface area (Å²) in [4.78, 5) is 42.0. The minimum absolute atomic E-state index is 0.0288. The standard InChI is InChI=1S/C26H29N3O5/c1-4-17-11-12-21-20(15-17)24(30)22-23(18-9-7-10-19(16-18)29(32)33)28(26(31)25(22)34-21)14-8-13-27(5-2)6-3/h7,9-12,15-16,23H,4-6,8,13-14H2,1-3H3. The van der Waals surface area contributed by atoms with Gasteiger partial charge in [-0.15, -0.1) is 0 Å². The smallest absolute Gasteiger partial charge is 0.290 e. The number of nitro groups is 1. The third-order valence-electron chi connectivity index (χ3n) is 6.60. The van der Waals surface area contributed by atoms with Crippen molar-refractivity contribution in [3.05, 3.63) is 85.3 Å². The number of hydrogen-bond donors (Lipinski definition) is 0. The Bertz CT molecular complexity index is 1300. The van der Waals surface area contributed by atoms with Crippen LogP contribution >= 0.6 is 0 Å². The van der Waals surface area contributed by atoms with E-state index in [-0.39, 0.29) is 28.3 Å². The van der Waals surface area contributed by atoms with Crippen molar-refractivity contribution in [1.29, 1.82) is 0 Å². The van der Waals surface area contributed by atoms with Crippen molar-refractivity contribution < 1.29 is 14.1 Å². The van der Waals surface area contributed by atoms with Crippen LogP contribution in [0.1, 0.15) is 60.5 Å². The Morgan fingerprint density at radius 2 is 1.85 bits per heavy atom. The van der Waals surface area contributed by atoms with Crippen LogP contribution in [0.4, 0.5) is 5.69 Å². The molecule has 0 fully saturated rings. The van der Waals surface area contributed by atoms with Crippen LogP contribution in [0.3, 0.4) is 0 Å². The van der Waals surface area contributed by atoms with Crippen molar-refractivity contribution >= 4 is 22.6 Å². The Morgan fingerprint density at radius 1 is 1.09 bits per heavy atom. The van der Waals surface area contributed by atoms with Gasteiger partial charge in [-0.3, -0.25) is 19.7 Å². The maximum Gasteiger partial charge on any atom is 0.290 e. The van der Waals surface area contributed by atoms with Crippen LogP contribution in [0.15, 0.2) is 51.7 Å². The number of hydrogen-bond acceptors (Lipinski definition) is 6. The maximum atomic E-state index is 13.7. The fourth-order valence-corrected chi connectivity index (χ4v) is 4.68. The Hall–Kier alpha value is -3.52. The minimum Gasteiger partial charge on any atom is -0.450 e. The second kappa shape index (κ2) is 9.77. The highest BCUT2D eigenvalue weighted by Crippen LogP contribution is 2.39. The highest BCUT2D eigenvalue weighted by Gasteiger charge is 2.42. The van der Waals surface area contributed by atoms with Crippen molar-refractivity contribution in [2.24, 2.45) is 0 Å². The molecule has 178 valence electrons. The number of rotatable bonds is 9. The largest absolute Gasteiger partial charge is 0.450 e. The molecule has 3 aromatic rings. The normalized spacial score (nSPS) is 15.4. The van der Waals surface area contributed by atoms with Crippen molar-refractivity contribution in [2.75, 3.05) is 26.2 Å². The van der Waals surface area contributed by atoms with Gasteiger partial charge in [0.05, 0.1) is 21.9 Å². The molecule has 1 unspecified atom stereocenters. The third-order valence-corrected chi connectivity index (χ3v) is 6.60. The number of carbonyl (C=O) groups excluding carboxylic acids is 1. The topological polar surface area (TPSA) is 96.9 Å². The first-order chi connectivity index (χ1) is 16.4. The summed E-state index contributed by atoms with van der Waals surface area (Å²) in [6.45, 7) is 9.20. The van der Waals surface area contributed by atoms with E-state index in [4.69, 9.17) is 4.42 Å². The number of amides is 1. The van der Waals surface area contributed by atoms with E-state index in [1.54, 1.807) is 29.2 Å². The second-order valence-corrected chi connectivity index (χ2v) is 8.49. The van der Waals surface area contributed by atoms with E-state index in [0.717, 1.165) is 31.6 Å². The summed E-state index contributed by atoms with van der Waals surface area (Å²) in [6.07, 6.45) is 1.47. The quantitative estimate of drug-likeness (QED) is 0.341. The Labute approximate surface area is 197 Å². The molecule has 0 spiro atoms. The molecule has 8 nitrogen and oxygen atoms in total. The lowest BCUT2D eigenvalue weighted by Crippen LogP contribution is -2.33. The molecule has 8 heteroatoms. The SMILES string of the molecule is CCc1ccc2oc3c(c(=O)c2c1)C(c1cccc([N+](=O)[O-])c1)N(CCCN(CC)CC)C3=O. The van der Waals surface area contributed by atoms with E-state index in [1.807, 2.05) is 13.0 Å². The van der Waals surface area contributed by atoms with Gasteiger partial charge in [-0.2, -0.15) is 0 Å². The van der Waals surface area contributed by atoms with Gasteiger partial charge in [0.25, 0.3) is 11.6 Å². The molecule has 0 N–H and O–H groups in total. The number of carbonyl (C=O) groups is 1. The lowest BCUT2D eigenvalue weighted by Gasteiger charge is -2.26. The number of fused-ring (bicyclic) bond motifs is 2. The van der Waals surface area contributed by atoms with Gasteiger partial charge in [0.15, 0.2) is 5.43 Å². The Balaban J connectivity index is 1.84. The van der Waals surface area contributed by atoms with Crippen LogP contribution < -0.4 is 5.43 Å². The summed E-state index contributed by atoms with van der Waals surface area (Å²) in [5.41, 5.74) is 1.81. The molecule has 0 saturated carbocycles. The highest BCUT2D eigenvalue weighted by atomic mass is 16.6. The van der Waals surface area contributed by atoms with Gasteiger partial charge in [0, 0.05) is 18.7 Å². The molecule has 1 aromatic heterocycles. The van der Waals surface area contributed by atoms with Crippen LogP contribution in [0, 0.1) is 10.1 Å². The Morgan fingerprint density at radius 3 is 2.53 bits per heavy atom. The maximum absolute atomic E-state index is 13.7. The van der Waals surface area contributed by atoms with E-state index < -0.39 is 11.0 Å². The van der Waals surface area contributed by atoms with Crippen LogP contribution in [0.25, 0.3) is 11.0 Å². The molecule has 2 aromatic carbocycles. The number of non-ortho nitro benzene ring substituents is 1. The summed E-state index contributed by atoms with van der Waals surface area (Å²) >= 11 is 0. The van der Waals surface area contributed by atoms with E-state index in [2.05, 4.69) is 18.7 Å². The predicted octanol–water partition coefficient (Wildman–Crippen LogP) is 4.54. The lowest BCUT2D eigenvalue weighted by molar-refractivity contribution is -0.384. The highest BCUT2D eigenvalue weighted by molar-refractivity contribution is 5.99. The fourth-order valence-electron chi connectivity index (χ4n) is 4.68. The number of benzene rings is 2. The van der Waals surface area contributed by atoms with Gasteiger partial charge in [0.2, 0.25) is 5.76 Å². The first kappa shape index (κ1) is 23.6. The molecule has 1 aliphatic heterocycles. The average Bonchev–Trinajstić information content (AvgIpc) is 3.13. The van der Waals surface area contributed by atoms with Gasteiger partial charge >= 0.3 is 0 Å². The molecule has 0 bridgehead atoms. The predicted molar refractivity (Wildman–Crippen MR) is 130 cm³/mol. The van der Waals surface area contributed by atoms with E-state index in [9.17, 15) is 19.7 Å². The van der Waals surface area contributed by atoms with Gasteiger partial charge in [-0.1, -0.05) is 39.0 Å². The molecule has 2 heterocycles. The first-order valence-corrected chi connectivity index (χ1v) is 11.8. The third kappa shape index (κ3) is 4.21. The molecule has 34 heavy (non-hydrogen) atoms. The van der Waals surface area contributed by atoms with Crippen LogP contribution in [0.5, 0.6) is 0 Å². The summed E-state index contributed by atoms with van der Waals surface area (Å²) in [5.74, 6) is -0.328. The van der Waals surface area contributed by atoms with Crippen LogP contribution in [-0.2, 0) is 6.42 Å².